The number of hydrogen-bond acceptors (Lipinski definition) is 6. The largest absolute Gasteiger partial charge is 0.487 e. The Morgan fingerprint density at radius 3 is 2.29 bits per heavy atom. The summed E-state index contributed by atoms with van der Waals surface area (Å²) < 4.78 is 5.43. The molecule has 0 radical (unpaired) electrons. The summed E-state index contributed by atoms with van der Waals surface area (Å²) in [6, 6.07) is 12.8. The molecule has 0 aliphatic carbocycles. The molecule has 2 saturated heterocycles. The predicted octanol–water partition coefficient (Wildman–Crippen LogP) is 2.26. The lowest BCUT2D eigenvalue weighted by atomic mass is 10.1. The maximum absolute atomic E-state index is 12.8. The highest BCUT2D eigenvalue weighted by molar-refractivity contribution is 7.12. The zero-order chi connectivity index (χ0) is 21.5. The average molecular weight is 443 g/mol. The van der Waals surface area contributed by atoms with E-state index in [1.54, 1.807) is 18.4 Å². The molecule has 1 amide bonds. The predicted molar refractivity (Wildman–Crippen MR) is 126 cm³/mol. The van der Waals surface area contributed by atoms with E-state index in [2.05, 4.69) is 56.5 Å². The Bertz CT molecular complexity index is 812. The molecule has 0 atom stereocenters. The monoisotopic (exact) mass is 442 g/mol. The van der Waals surface area contributed by atoms with Gasteiger partial charge in [0.05, 0.1) is 13.7 Å². The molecule has 168 valence electrons. The van der Waals surface area contributed by atoms with Gasteiger partial charge >= 0.3 is 0 Å². The molecule has 1 aromatic heterocycles. The first-order chi connectivity index (χ1) is 15.2. The number of rotatable bonds is 8. The van der Waals surface area contributed by atoms with Gasteiger partial charge in [0.1, 0.15) is 0 Å². The van der Waals surface area contributed by atoms with Gasteiger partial charge in [0.25, 0.3) is 0 Å². The zero-order valence-corrected chi connectivity index (χ0v) is 19.4. The van der Waals surface area contributed by atoms with Gasteiger partial charge in [0, 0.05) is 71.0 Å². The van der Waals surface area contributed by atoms with Crippen LogP contribution >= 0.6 is 11.3 Å². The van der Waals surface area contributed by atoms with Crippen LogP contribution in [0, 0.1) is 0 Å². The maximum Gasteiger partial charge on any atom is 0.236 e. The van der Waals surface area contributed by atoms with Gasteiger partial charge in [-0.25, -0.2) is 0 Å². The standard InChI is InChI=1S/C24H34N4O2S/c1-30-24-22(8-18-31-24)19-26-14-16-28(17-15-26)23(29)20-27-12-10-25(11-13-27)9-7-21-5-3-2-4-6-21/h2-6,8,18H,7,9-17,19-20H2,1H3. The van der Waals surface area contributed by atoms with E-state index in [4.69, 9.17) is 4.74 Å². The van der Waals surface area contributed by atoms with Crippen molar-refractivity contribution in [3.63, 3.8) is 0 Å². The van der Waals surface area contributed by atoms with Crippen molar-refractivity contribution >= 4 is 17.2 Å². The quantitative estimate of drug-likeness (QED) is 0.627. The van der Waals surface area contributed by atoms with Gasteiger partial charge in [0.15, 0.2) is 5.06 Å². The second kappa shape index (κ2) is 11.1. The number of ether oxygens (including phenoxy) is 1. The Kier molecular flexibility index (Phi) is 7.97. The first-order valence-electron chi connectivity index (χ1n) is 11.3. The van der Waals surface area contributed by atoms with E-state index in [-0.39, 0.29) is 5.91 Å². The van der Waals surface area contributed by atoms with Gasteiger partial charge in [-0.05, 0) is 23.4 Å². The molecule has 3 heterocycles. The zero-order valence-electron chi connectivity index (χ0n) is 18.5. The van der Waals surface area contributed by atoms with Crippen LogP contribution in [0.4, 0.5) is 0 Å². The minimum Gasteiger partial charge on any atom is -0.487 e. The van der Waals surface area contributed by atoms with Gasteiger partial charge in [0.2, 0.25) is 5.91 Å². The Morgan fingerprint density at radius 1 is 0.903 bits per heavy atom. The lowest BCUT2D eigenvalue weighted by molar-refractivity contribution is -0.134. The summed E-state index contributed by atoms with van der Waals surface area (Å²) in [5, 5.41) is 3.08. The Morgan fingerprint density at radius 2 is 1.58 bits per heavy atom. The summed E-state index contributed by atoms with van der Waals surface area (Å²) >= 11 is 1.64. The molecule has 7 heteroatoms. The SMILES string of the molecule is COc1sccc1CN1CCN(C(=O)CN2CCN(CCc3ccccc3)CC2)CC1. The molecule has 6 nitrogen and oxygen atoms in total. The molecule has 2 aromatic rings. The number of benzene rings is 1. The molecular weight excluding hydrogens is 408 g/mol. The molecule has 2 aliphatic heterocycles. The second-order valence-corrected chi connectivity index (χ2v) is 9.33. The number of carbonyl (C=O) groups excluding carboxylic acids is 1. The van der Waals surface area contributed by atoms with Crippen molar-refractivity contribution in [1.82, 2.24) is 19.6 Å². The molecule has 4 rings (SSSR count). The van der Waals surface area contributed by atoms with Gasteiger partial charge in [-0.3, -0.25) is 14.6 Å². The Labute approximate surface area is 190 Å². The minimum absolute atomic E-state index is 0.283. The van der Waals surface area contributed by atoms with Crippen molar-refractivity contribution in [3.05, 3.63) is 52.9 Å². The van der Waals surface area contributed by atoms with E-state index < -0.39 is 0 Å². The van der Waals surface area contributed by atoms with Crippen LogP contribution in [-0.2, 0) is 17.8 Å². The van der Waals surface area contributed by atoms with Crippen LogP contribution in [0.1, 0.15) is 11.1 Å². The van der Waals surface area contributed by atoms with E-state index in [1.807, 2.05) is 4.90 Å². The molecule has 31 heavy (non-hydrogen) atoms. The van der Waals surface area contributed by atoms with Crippen molar-refractivity contribution in [3.8, 4) is 5.06 Å². The average Bonchev–Trinajstić information content (AvgIpc) is 3.27. The van der Waals surface area contributed by atoms with Crippen molar-refractivity contribution in [2.24, 2.45) is 0 Å². The van der Waals surface area contributed by atoms with E-state index >= 15 is 0 Å². The lowest BCUT2D eigenvalue weighted by Gasteiger charge is -2.38. The van der Waals surface area contributed by atoms with Crippen molar-refractivity contribution < 1.29 is 9.53 Å². The summed E-state index contributed by atoms with van der Waals surface area (Å²) in [6.45, 7) is 10.1. The molecule has 0 spiro atoms. The normalized spacial score (nSPS) is 18.9. The minimum atomic E-state index is 0.283. The van der Waals surface area contributed by atoms with E-state index in [0.717, 1.165) is 76.9 Å². The van der Waals surface area contributed by atoms with Gasteiger partial charge < -0.3 is 14.5 Å². The van der Waals surface area contributed by atoms with Crippen LogP contribution in [0.2, 0.25) is 0 Å². The van der Waals surface area contributed by atoms with Crippen LogP contribution in [0.25, 0.3) is 0 Å². The second-order valence-electron chi connectivity index (χ2n) is 8.45. The summed E-state index contributed by atoms with van der Waals surface area (Å²) in [7, 11) is 1.73. The van der Waals surface area contributed by atoms with Crippen molar-refractivity contribution in [2.45, 2.75) is 13.0 Å². The molecule has 0 unspecified atom stereocenters. The third-order valence-electron chi connectivity index (χ3n) is 6.39. The highest BCUT2D eigenvalue weighted by Crippen LogP contribution is 2.27. The van der Waals surface area contributed by atoms with Crippen LogP contribution in [0.3, 0.4) is 0 Å². The fourth-order valence-corrected chi connectivity index (χ4v) is 5.14. The number of amides is 1. The lowest BCUT2D eigenvalue weighted by Crippen LogP contribution is -2.53. The number of carbonyl (C=O) groups is 1. The van der Waals surface area contributed by atoms with E-state index in [1.165, 1.54) is 11.1 Å². The summed E-state index contributed by atoms with van der Waals surface area (Å²) in [6.07, 6.45) is 1.10. The molecule has 0 bridgehead atoms. The Hall–Kier alpha value is -1.93. The number of hydrogen-bond donors (Lipinski definition) is 0. The molecule has 1 aromatic carbocycles. The van der Waals surface area contributed by atoms with Crippen molar-refractivity contribution in [2.75, 3.05) is 72.6 Å². The Balaban J connectivity index is 1.14. The van der Waals surface area contributed by atoms with E-state index in [0.29, 0.717) is 6.54 Å². The highest BCUT2D eigenvalue weighted by atomic mass is 32.1. The fraction of sp³-hybridized carbons (Fsp3) is 0.542. The first kappa shape index (κ1) is 22.3. The number of nitrogens with zero attached hydrogens (tertiary/aromatic N) is 4. The van der Waals surface area contributed by atoms with Crippen LogP contribution in [0.15, 0.2) is 41.8 Å². The van der Waals surface area contributed by atoms with Crippen molar-refractivity contribution in [1.29, 1.82) is 0 Å². The first-order valence-corrected chi connectivity index (χ1v) is 12.2. The molecule has 2 aliphatic rings. The number of piperazine rings is 2. The van der Waals surface area contributed by atoms with Gasteiger partial charge in [-0.1, -0.05) is 30.3 Å². The molecule has 0 saturated carbocycles. The molecular formula is C24H34N4O2S. The maximum atomic E-state index is 12.8. The van der Waals surface area contributed by atoms with Gasteiger partial charge in [-0.2, -0.15) is 0 Å². The third-order valence-corrected chi connectivity index (χ3v) is 7.31. The number of thiophene rings is 1. The number of methoxy groups -OCH3 is 1. The fourth-order valence-electron chi connectivity index (χ4n) is 4.41. The summed E-state index contributed by atoms with van der Waals surface area (Å²) in [5.41, 5.74) is 2.65. The molecule has 2 fully saturated rings. The summed E-state index contributed by atoms with van der Waals surface area (Å²) in [5.74, 6) is 0.283. The van der Waals surface area contributed by atoms with E-state index in [9.17, 15) is 4.79 Å². The highest BCUT2D eigenvalue weighted by Gasteiger charge is 2.25. The molecule has 0 N–H and O–H groups in total. The third kappa shape index (κ3) is 6.29. The van der Waals surface area contributed by atoms with Crippen LogP contribution in [0.5, 0.6) is 5.06 Å². The smallest absolute Gasteiger partial charge is 0.236 e. The van der Waals surface area contributed by atoms with Gasteiger partial charge in [-0.15, -0.1) is 11.3 Å². The van der Waals surface area contributed by atoms with Crippen LogP contribution < -0.4 is 4.74 Å². The van der Waals surface area contributed by atoms with Crippen LogP contribution in [-0.4, -0.2) is 98.1 Å². The topological polar surface area (TPSA) is 39.3 Å². The summed E-state index contributed by atoms with van der Waals surface area (Å²) in [4.78, 5) is 22.1.